The fourth-order valence-corrected chi connectivity index (χ4v) is 4.86. The maximum absolute atomic E-state index is 2.74. The zero-order valence-electron chi connectivity index (χ0n) is 22.0. The molecule has 1 heterocycles. The Morgan fingerprint density at radius 1 is 0.452 bits per heavy atom. The van der Waals surface area contributed by atoms with Crippen LogP contribution in [0.4, 0.5) is 0 Å². The topological polar surface area (TPSA) is 9.72 Å². The van der Waals surface area contributed by atoms with Crippen molar-refractivity contribution in [3.05, 3.63) is 0 Å². The molecule has 3 nitrogen and oxygen atoms in total. The second kappa shape index (κ2) is 21.7. The van der Waals surface area contributed by atoms with Crippen molar-refractivity contribution in [3.63, 3.8) is 0 Å². The second-order valence-corrected chi connectivity index (χ2v) is 10.2. The van der Waals surface area contributed by atoms with Crippen LogP contribution in [0, 0.1) is 0 Å². The maximum atomic E-state index is 2.74. The van der Waals surface area contributed by atoms with Crippen LogP contribution in [0.5, 0.6) is 0 Å². The lowest BCUT2D eigenvalue weighted by molar-refractivity contribution is -0.0555. The lowest BCUT2D eigenvalue weighted by atomic mass is 10.1. The van der Waals surface area contributed by atoms with E-state index in [9.17, 15) is 0 Å². The molecule has 31 heavy (non-hydrogen) atoms. The molecule has 0 aliphatic carbocycles. The van der Waals surface area contributed by atoms with Crippen LogP contribution in [0.25, 0.3) is 0 Å². The molecule has 186 valence electrons. The number of hydrazine groups is 1. The van der Waals surface area contributed by atoms with Crippen molar-refractivity contribution < 1.29 is 0 Å². The smallest absolute Gasteiger partial charge is 0.0261 e. The highest BCUT2D eigenvalue weighted by Crippen LogP contribution is 2.14. The van der Waals surface area contributed by atoms with Crippen LogP contribution >= 0.6 is 0 Å². The van der Waals surface area contributed by atoms with Crippen molar-refractivity contribution in [1.82, 2.24) is 14.9 Å². The summed E-state index contributed by atoms with van der Waals surface area (Å²) in [6.07, 6.45) is 27.2. The summed E-state index contributed by atoms with van der Waals surface area (Å²) in [5, 5.41) is 5.41. The van der Waals surface area contributed by atoms with Crippen LogP contribution in [-0.4, -0.2) is 61.2 Å². The predicted octanol–water partition coefficient (Wildman–Crippen LogP) is 7.90. The molecule has 0 radical (unpaired) electrons. The molecule has 1 aliphatic rings. The summed E-state index contributed by atoms with van der Waals surface area (Å²) in [5.74, 6) is 0. The van der Waals surface area contributed by atoms with Crippen LogP contribution in [-0.2, 0) is 0 Å². The van der Waals surface area contributed by atoms with E-state index in [2.05, 4.69) is 35.8 Å². The lowest BCUT2D eigenvalue weighted by Crippen LogP contribution is -2.53. The number of unbranched alkanes of at least 4 members (excludes halogenated alkanes) is 17. The molecule has 1 aliphatic heterocycles. The summed E-state index contributed by atoms with van der Waals surface area (Å²) < 4.78 is 0. The largest absolute Gasteiger partial charge is 0.304 e. The molecular formula is C28H59N3. The zero-order valence-corrected chi connectivity index (χ0v) is 22.0. The van der Waals surface area contributed by atoms with E-state index in [-0.39, 0.29) is 0 Å². The Kier molecular flexibility index (Phi) is 20.2. The zero-order chi connectivity index (χ0) is 22.4. The molecule has 0 aromatic rings. The number of nitrogens with zero attached hydrogens (tertiary/aromatic N) is 3. The van der Waals surface area contributed by atoms with Crippen molar-refractivity contribution in [3.8, 4) is 0 Å². The molecule has 0 unspecified atom stereocenters. The third-order valence-electron chi connectivity index (χ3n) is 7.17. The van der Waals surface area contributed by atoms with Gasteiger partial charge in [0, 0.05) is 39.3 Å². The van der Waals surface area contributed by atoms with Gasteiger partial charge in [-0.1, -0.05) is 123 Å². The Morgan fingerprint density at radius 3 is 1.13 bits per heavy atom. The first-order valence-corrected chi connectivity index (χ1v) is 14.5. The normalized spacial score (nSPS) is 15.9. The summed E-state index contributed by atoms with van der Waals surface area (Å²) in [6.45, 7) is 12.1. The van der Waals surface area contributed by atoms with Gasteiger partial charge in [-0.15, -0.1) is 0 Å². The summed E-state index contributed by atoms with van der Waals surface area (Å²) in [7, 11) is 2.27. The molecule has 1 saturated heterocycles. The minimum Gasteiger partial charge on any atom is -0.304 e. The van der Waals surface area contributed by atoms with Crippen LogP contribution in [0.2, 0.25) is 0 Å². The monoisotopic (exact) mass is 437 g/mol. The molecule has 0 aromatic carbocycles. The highest BCUT2D eigenvalue weighted by atomic mass is 15.6. The van der Waals surface area contributed by atoms with Crippen molar-refractivity contribution in [2.45, 2.75) is 136 Å². The molecule has 0 aromatic heterocycles. The minimum atomic E-state index is 1.23. The molecule has 0 saturated carbocycles. The van der Waals surface area contributed by atoms with E-state index in [1.54, 1.807) is 0 Å². The molecule has 0 amide bonds. The predicted molar refractivity (Wildman–Crippen MR) is 140 cm³/mol. The van der Waals surface area contributed by atoms with Gasteiger partial charge in [-0.25, -0.2) is 10.0 Å². The third-order valence-corrected chi connectivity index (χ3v) is 7.17. The van der Waals surface area contributed by atoms with Gasteiger partial charge in [0.05, 0.1) is 0 Å². The van der Waals surface area contributed by atoms with Crippen LogP contribution in [0.3, 0.4) is 0 Å². The van der Waals surface area contributed by atoms with E-state index < -0.39 is 0 Å². The Bertz CT molecular complexity index is 352. The number of likely N-dealkylation sites (N-methyl/N-ethyl adjacent to an activating group) is 1. The van der Waals surface area contributed by atoms with Gasteiger partial charge in [0.1, 0.15) is 0 Å². The van der Waals surface area contributed by atoms with Gasteiger partial charge in [-0.2, -0.15) is 0 Å². The van der Waals surface area contributed by atoms with E-state index in [1.165, 1.54) is 161 Å². The summed E-state index contributed by atoms with van der Waals surface area (Å²) in [5.41, 5.74) is 0. The highest BCUT2D eigenvalue weighted by molar-refractivity contribution is 4.69. The molecule has 1 rings (SSSR count). The number of rotatable bonds is 22. The summed E-state index contributed by atoms with van der Waals surface area (Å²) in [4.78, 5) is 2.48. The van der Waals surface area contributed by atoms with Crippen LogP contribution < -0.4 is 0 Å². The summed E-state index contributed by atoms with van der Waals surface area (Å²) in [6, 6.07) is 0. The molecule has 0 N–H and O–H groups in total. The molecule has 3 heteroatoms. The Hall–Kier alpha value is -0.120. The first-order chi connectivity index (χ1) is 15.3. The second-order valence-electron chi connectivity index (χ2n) is 10.2. The fourth-order valence-electron chi connectivity index (χ4n) is 4.86. The average Bonchev–Trinajstić information content (AvgIpc) is 2.78. The molecule has 0 bridgehead atoms. The third kappa shape index (κ3) is 17.1. The van der Waals surface area contributed by atoms with E-state index in [0.29, 0.717) is 0 Å². The molecular weight excluding hydrogens is 378 g/mol. The molecule has 1 fully saturated rings. The summed E-state index contributed by atoms with van der Waals surface area (Å²) >= 11 is 0. The van der Waals surface area contributed by atoms with Gasteiger partial charge in [-0.05, 0) is 19.9 Å². The Balaban J connectivity index is 2.11. The van der Waals surface area contributed by atoms with Crippen molar-refractivity contribution in [2.75, 3.05) is 46.3 Å². The van der Waals surface area contributed by atoms with E-state index >= 15 is 0 Å². The number of hydrogen-bond donors (Lipinski definition) is 0. The Morgan fingerprint density at radius 2 is 0.774 bits per heavy atom. The van der Waals surface area contributed by atoms with Gasteiger partial charge < -0.3 is 4.90 Å². The van der Waals surface area contributed by atoms with E-state index in [4.69, 9.17) is 0 Å². The highest BCUT2D eigenvalue weighted by Gasteiger charge is 2.19. The van der Waals surface area contributed by atoms with Crippen molar-refractivity contribution >= 4 is 0 Å². The van der Waals surface area contributed by atoms with Gasteiger partial charge in [0.15, 0.2) is 0 Å². The minimum absolute atomic E-state index is 1.23. The molecule has 0 spiro atoms. The standard InChI is InChI=1S/C28H59N3/c1-4-6-8-10-12-14-16-18-20-22-24-30(31-27-25-29(3)26-28-31)23-21-19-17-15-13-11-9-7-5-2/h4-28H2,1-3H3. The van der Waals surface area contributed by atoms with E-state index in [0.717, 1.165) is 0 Å². The average molecular weight is 438 g/mol. The van der Waals surface area contributed by atoms with Gasteiger partial charge in [0.2, 0.25) is 0 Å². The fraction of sp³-hybridized carbons (Fsp3) is 1.00. The first-order valence-electron chi connectivity index (χ1n) is 14.5. The van der Waals surface area contributed by atoms with Crippen LogP contribution in [0.15, 0.2) is 0 Å². The number of piperazine rings is 1. The SMILES string of the molecule is CCCCCCCCCCCCN(CCCCCCCCCCC)N1CCN(C)CC1. The lowest BCUT2D eigenvalue weighted by Gasteiger charge is -2.40. The van der Waals surface area contributed by atoms with Gasteiger partial charge in [0.25, 0.3) is 0 Å². The maximum Gasteiger partial charge on any atom is 0.0261 e. The van der Waals surface area contributed by atoms with Gasteiger partial charge in [-0.3, -0.25) is 0 Å². The van der Waals surface area contributed by atoms with Gasteiger partial charge >= 0.3 is 0 Å². The van der Waals surface area contributed by atoms with Crippen molar-refractivity contribution in [1.29, 1.82) is 0 Å². The van der Waals surface area contributed by atoms with E-state index in [1.807, 2.05) is 0 Å². The molecule has 0 atom stereocenters. The Labute approximate surface area is 197 Å². The quantitative estimate of drug-likeness (QED) is 0.159. The first kappa shape index (κ1) is 28.9. The number of hydrogen-bond acceptors (Lipinski definition) is 3. The van der Waals surface area contributed by atoms with Crippen molar-refractivity contribution in [2.24, 2.45) is 0 Å². The van der Waals surface area contributed by atoms with Crippen LogP contribution in [0.1, 0.15) is 136 Å².